The Morgan fingerprint density at radius 2 is 2.33 bits per heavy atom. The maximum Gasteiger partial charge on any atom is 0.125 e. The third-order valence-corrected chi connectivity index (χ3v) is 3.02. The molecule has 1 fully saturated rings. The fourth-order valence-corrected chi connectivity index (χ4v) is 1.98. The van der Waals surface area contributed by atoms with Crippen LogP contribution in [0.5, 0.6) is 0 Å². The van der Waals surface area contributed by atoms with Crippen LogP contribution in [0.3, 0.4) is 0 Å². The van der Waals surface area contributed by atoms with Crippen LogP contribution in [0.4, 0.5) is 4.39 Å². The molecule has 82 valence electrons. The molecule has 0 aromatic heterocycles. The first-order chi connectivity index (χ1) is 7.18. The van der Waals surface area contributed by atoms with Crippen LogP contribution in [0.25, 0.3) is 0 Å². The minimum absolute atomic E-state index is 0.0908. The Labute approximate surface area is 93.4 Å². The van der Waals surface area contributed by atoms with Gasteiger partial charge in [0.2, 0.25) is 0 Å². The van der Waals surface area contributed by atoms with Gasteiger partial charge in [0, 0.05) is 18.1 Å². The van der Waals surface area contributed by atoms with Crippen LogP contribution in [-0.4, -0.2) is 19.7 Å². The first-order valence-corrected chi connectivity index (χ1v) is 5.34. The highest BCUT2D eigenvalue weighted by Gasteiger charge is 2.19. The predicted octanol–water partition coefficient (Wildman–Crippen LogP) is 2.45. The predicted molar refractivity (Wildman–Crippen MR) is 57.7 cm³/mol. The highest BCUT2D eigenvalue weighted by molar-refractivity contribution is 6.31. The number of benzene rings is 1. The minimum atomic E-state index is -0.310. The molecule has 0 bridgehead atoms. The van der Waals surface area contributed by atoms with Crippen LogP contribution in [-0.2, 0) is 4.74 Å². The summed E-state index contributed by atoms with van der Waals surface area (Å²) in [4.78, 5) is 0. The van der Waals surface area contributed by atoms with Crippen molar-refractivity contribution < 1.29 is 9.13 Å². The summed E-state index contributed by atoms with van der Waals surface area (Å²) in [6, 6.07) is 2.83. The molecule has 0 radical (unpaired) electrons. The van der Waals surface area contributed by atoms with Gasteiger partial charge in [-0.05, 0) is 30.2 Å². The minimum Gasteiger partial charge on any atom is -0.371 e. The van der Waals surface area contributed by atoms with E-state index in [1.54, 1.807) is 0 Å². The summed E-state index contributed by atoms with van der Waals surface area (Å²) in [6.45, 7) is 4.09. The zero-order valence-electron chi connectivity index (χ0n) is 8.52. The van der Waals surface area contributed by atoms with Crippen molar-refractivity contribution in [3.8, 4) is 0 Å². The lowest BCUT2D eigenvalue weighted by Crippen LogP contribution is -2.33. The molecule has 1 aliphatic rings. The molecule has 4 heteroatoms. The fraction of sp³-hybridized carbons (Fsp3) is 0.455. The molecular weight excluding hydrogens is 217 g/mol. The monoisotopic (exact) mass is 229 g/mol. The van der Waals surface area contributed by atoms with Crippen molar-refractivity contribution in [1.29, 1.82) is 0 Å². The summed E-state index contributed by atoms with van der Waals surface area (Å²) >= 11 is 5.92. The molecule has 1 saturated heterocycles. The molecule has 0 aliphatic carbocycles. The highest BCUT2D eigenvalue weighted by atomic mass is 35.5. The highest BCUT2D eigenvalue weighted by Crippen LogP contribution is 2.28. The second-order valence-corrected chi connectivity index (χ2v) is 4.07. The van der Waals surface area contributed by atoms with E-state index in [0.29, 0.717) is 18.2 Å². The third kappa shape index (κ3) is 2.30. The standard InChI is InChI=1S/C11H13ClFNO/c1-7-9(4-8(13)5-10(7)12)11-6-14-2-3-15-11/h4-5,11,14H,2-3,6H2,1H3. The smallest absolute Gasteiger partial charge is 0.125 e. The van der Waals surface area contributed by atoms with Crippen LogP contribution in [0, 0.1) is 12.7 Å². The van der Waals surface area contributed by atoms with Crippen molar-refractivity contribution >= 4 is 11.6 Å². The first-order valence-electron chi connectivity index (χ1n) is 4.96. The van der Waals surface area contributed by atoms with E-state index in [1.165, 1.54) is 12.1 Å². The van der Waals surface area contributed by atoms with Gasteiger partial charge < -0.3 is 10.1 Å². The Hall–Kier alpha value is -0.640. The summed E-state index contributed by atoms with van der Waals surface area (Å²) in [7, 11) is 0. The normalized spacial score (nSPS) is 21.7. The summed E-state index contributed by atoms with van der Waals surface area (Å²) < 4.78 is 18.8. The van der Waals surface area contributed by atoms with Crippen molar-refractivity contribution in [2.75, 3.05) is 19.7 Å². The van der Waals surface area contributed by atoms with E-state index in [1.807, 2.05) is 6.92 Å². The van der Waals surface area contributed by atoms with Crippen molar-refractivity contribution in [3.63, 3.8) is 0 Å². The van der Waals surface area contributed by atoms with Crippen molar-refractivity contribution in [2.45, 2.75) is 13.0 Å². The van der Waals surface area contributed by atoms with Gasteiger partial charge in [-0.25, -0.2) is 4.39 Å². The van der Waals surface area contributed by atoms with E-state index in [-0.39, 0.29) is 11.9 Å². The maximum absolute atomic E-state index is 13.2. The van der Waals surface area contributed by atoms with E-state index in [4.69, 9.17) is 16.3 Å². The zero-order chi connectivity index (χ0) is 10.8. The Kier molecular flexibility index (Phi) is 3.24. The van der Waals surface area contributed by atoms with Gasteiger partial charge in [-0.15, -0.1) is 0 Å². The van der Waals surface area contributed by atoms with Gasteiger partial charge in [0.25, 0.3) is 0 Å². The topological polar surface area (TPSA) is 21.3 Å². The molecule has 1 atom stereocenters. The van der Waals surface area contributed by atoms with Gasteiger partial charge in [-0.1, -0.05) is 11.6 Å². The molecule has 2 nitrogen and oxygen atoms in total. The van der Waals surface area contributed by atoms with Crippen LogP contribution < -0.4 is 5.32 Å². The lowest BCUT2D eigenvalue weighted by Gasteiger charge is -2.25. The molecule has 1 aliphatic heterocycles. The second-order valence-electron chi connectivity index (χ2n) is 3.67. The SMILES string of the molecule is Cc1c(Cl)cc(F)cc1C1CNCCO1. The average Bonchev–Trinajstić information content (AvgIpc) is 2.24. The zero-order valence-corrected chi connectivity index (χ0v) is 9.27. The molecule has 1 aromatic carbocycles. The quantitative estimate of drug-likeness (QED) is 0.799. The van der Waals surface area contributed by atoms with Crippen LogP contribution in [0.1, 0.15) is 17.2 Å². The molecule has 0 spiro atoms. The lowest BCUT2D eigenvalue weighted by atomic mass is 10.0. The van der Waals surface area contributed by atoms with Crippen LogP contribution >= 0.6 is 11.6 Å². The number of rotatable bonds is 1. The summed E-state index contributed by atoms with van der Waals surface area (Å²) in [5.41, 5.74) is 1.74. The lowest BCUT2D eigenvalue weighted by molar-refractivity contribution is 0.0271. The van der Waals surface area contributed by atoms with E-state index < -0.39 is 0 Å². The van der Waals surface area contributed by atoms with E-state index in [2.05, 4.69) is 5.32 Å². The van der Waals surface area contributed by atoms with Gasteiger partial charge >= 0.3 is 0 Å². The number of halogens is 2. The van der Waals surface area contributed by atoms with Crippen LogP contribution in [0.2, 0.25) is 5.02 Å². The number of hydrogen-bond donors (Lipinski definition) is 1. The Morgan fingerprint density at radius 3 is 3.00 bits per heavy atom. The number of morpholine rings is 1. The maximum atomic E-state index is 13.2. The molecule has 15 heavy (non-hydrogen) atoms. The second kappa shape index (κ2) is 4.47. The molecule has 1 unspecified atom stereocenters. The number of hydrogen-bond acceptors (Lipinski definition) is 2. The largest absolute Gasteiger partial charge is 0.371 e. The molecule has 0 saturated carbocycles. The Bertz CT molecular complexity index is 364. The van der Waals surface area contributed by atoms with Crippen LogP contribution in [0.15, 0.2) is 12.1 Å². The molecular formula is C11H13ClFNO. The number of ether oxygens (including phenoxy) is 1. The summed E-state index contributed by atoms with van der Waals surface area (Å²) in [5, 5.41) is 3.67. The summed E-state index contributed by atoms with van der Waals surface area (Å²) in [6.07, 6.45) is -0.0908. The Balaban J connectivity index is 2.33. The molecule has 2 rings (SSSR count). The molecule has 1 heterocycles. The van der Waals surface area contributed by atoms with Gasteiger partial charge in [0.1, 0.15) is 5.82 Å². The molecule has 1 N–H and O–H groups in total. The van der Waals surface area contributed by atoms with E-state index >= 15 is 0 Å². The van der Waals surface area contributed by atoms with E-state index in [9.17, 15) is 4.39 Å². The third-order valence-electron chi connectivity index (χ3n) is 2.62. The Morgan fingerprint density at radius 1 is 1.53 bits per heavy atom. The fourth-order valence-electron chi connectivity index (χ4n) is 1.77. The summed E-state index contributed by atoms with van der Waals surface area (Å²) in [5.74, 6) is -0.310. The van der Waals surface area contributed by atoms with Crippen molar-refractivity contribution in [2.24, 2.45) is 0 Å². The van der Waals surface area contributed by atoms with Crippen molar-refractivity contribution in [1.82, 2.24) is 5.32 Å². The van der Waals surface area contributed by atoms with Gasteiger partial charge in [-0.2, -0.15) is 0 Å². The number of nitrogens with one attached hydrogen (secondary N) is 1. The molecule has 0 amide bonds. The van der Waals surface area contributed by atoms with Gasteiger partial charge in [0.15, 0.2) is 0 Å². The van der Waals surface area contributed by atoms with Gasteiger partial charge in [0.05, 0.1) is 12.7 Å². The molecule has 1 aromatic rings. The first kappa shape index (κ1) is 10.9. The van der Waals surface area contributed by atoms with Crippen molar-refractivity contribution in [3.05, 3.63) is 34.1 Å². The van der Waals surface area contributed by atoms with Gasteiger partial charge in [-0.3, -0.25) is 0 Å². The van der Waals surface area contributed by atoms with E-state index in [0.717, 1.165) is 17.7 Å². The average molecular weight is 230 g/mol.